The van der Waals surface area contributed by atoms with Crippen molar-refractivity contribution >= 4 is 5.91 Å². The Morgan fingerprint density at radius 1 is 1.24 bits per heavy atom. The average molecular weight is 343 g/mol. The van der Waals surface area contributed by atoms with Crippen molar-refractivity contribution < 1.29 is 18.8 Å². The summed E-state index contributed by atoms with van der Waals surface area (Å²) >= 11 is 0. The van der Waals surface area contributed by atoms with Crippen molar-refractivity contribution in [2.24, 2.45) is 0 Å². The highest BCUT2D eigenvalue weighted by Crippen LogP contribution is 2.38. The standard InChI is InChI=1S/C18H21N3O4/c22-18(19-6-3-7-21-8-10-23-11-9-21)16-14-12-24-15-5-2-1-4-13(15)17(14)25-20-16/h1-2,4-5H,3,6-12H2,(H,19,22). The third-order valence-electron chi connectivity index (χ3n) is 4.55. The van der Waals surface area contributed by atoms with Crippen molar-refractivity contribution in [2.75, 3.05) is 39.4 Å². The minimum absolute atomic E-state index is 0.213. The fourth-order valence-corrected chi connectivity index (χ4v) is 3.18. The van der Waals surface area contributed by atoms with Gasteiger partial charge in [-0.25, -0.2) is 0 Å². The van der Waals surface area contributed by atoms with Gasteiger partial charge in [0.15, 0.2) is 11.5 Å². The molecule has 1 aromatic heterocycles. The molecule has 0 saturated carbocycles. The van der Waals surface area contributed by atoms with E-state index in [2.05, 4.69) is 15.4 Å². The van der Waals surface area contributed by atoms with Crippen molar-refractivity contribution in [3.63, 3.8) is 0 Å². The summed E-state index contributed by atoms with van der Waals surface area (Å²) in [7, 11) is 0. The SMILES string of the molecule is O=C(NCCCN1CCOCC1)c1noc2c1COc1ccccc1-2. The predicted octanol–water partition coefficient (Wildman–Crippen LogP) is 1.69. The number of ether oxygens (including phenoxy) is 2. The lowest BCUT2D eigenvalue weighted by Crippen LogP contribution is -2.38. The van der Waals surface area contributed by atoms with Crippen molar-refractivity contribution in [3.05, 3.63) is 35.5 Å². The molecule has 0 atom stereocenters. The maximum absolute atomic E-state index is 12.4. The lowest BCUT2D eigenvalue weighted by Gasteiger charge is -2.26. The van der Waals surface area contributed by atoms with Gasteiger partial charge in [-0.3, -0.25) is 9.69 Å². The highest BCUT2D eigenvalue weighted by Gasteiger charge is 2.28. The van der Waals surface area contributed by atoms with Crippen LogP contribution >= 0.6 is 0 Å². The number of aromatic nitrogens is 1. The number of amides is 1. The van der Waals surface area contributed by atoms with Gasteiger partial charge in [0.05, 0.1) is 24.3 Å². The number of nitrogens with one attached hydrogen (secondary N) is 1. The summed E-state index contributed by atoms with van der Waals surface area (Å²) in [6, 6.07) is 7.60. The second-order valence-corrected chi connectivity index (χ2v) is 6.19. The van der Waals surface area contributed by atoms with Crippen molar-refractivity contribution in [1.82, 2.24) is 15.4 Å². The van der Waals surface area contributed by atoms with E-state index < -0.39 is 0 Å². The molecule has 1 amide bonds. The van der Waals surface area contributed by atoms with E-state index in [9.17, 15) is 4.79 Å². The van der Waals surface area contributed by atoms with Gasteiger partial charge in [-0.1, -0.05) is 17.3 Å². The number of benzene rings is 1. The first kappa shape index (κ1) is 16.1. The Balaban J connectivity index is 1.35. The van der Waals surface area contributed by atoms with E-state index in [-0.39, 0.29) is 5.91 Å². The molecular weight excluding hydrogens is 322 g/mol. The number of nitrogens with zero attached hydrogens (tertiary/aromatic N) is 2. The summed E-state index contributed by atoms with van der Waals surface area (Å²) in [5.74, 6) is 1.17. The third kappa shape index (κ3) is 3.38. The summed E-state index contributed by atoms with van der Waals surface area (Å²) in [6.45, 7) is 5.36. The van der Waals surface area contributed by atoms with E-state index in [0.717, 1.165) is 50.6 Å². The van der Waals surface area contributed by atoms with Gasteiger partial charge < -0.3 is 19.3 Å². The van der Waals surface area contributed by atoms with Crippen LogP contribution < -0.4 is 10.1 Å². The van der Waals surface area contributed by atoms with Gasteiger partial charge in [0.2, 0.25) is 0 Å². The van der Waals surface area contributed by atoms with Crippen molar-refractivity contribution in [2.45, 2.75) is 13.0 Å². The molecule has 2 aliphatic heterocycles. The van der Waals surface area contributed by atoms with Gasteiger partial charge >= 0.3 is 0 Å². The molecule has 25 heavy (non-hydrogen) atoms. The quantitative estimate of drug-likeness (QED) is 0.833. The molecule has 1 fully saturated rings. The van der Waals surface area contributed by atoms with Crippen LogP contribution in [0.5, 0.6) is 5.75 Å². The molecule has 0 unspecified atom stereocenters. The lowest BCUT2D eigenvalue weighted by atomic mass is 10.0. The smallest absolute Gasteiger partial charge is 0.273 e. The predicted molar refractivity (Wildman–Crippen MR) is 90.5 cm³/mol. The Hall–Kier alpha value is -2.38. The lowest BCUT2D eigenvalue weighted by molar-refractivity contribution is 0.0374. The summed E-state index contributed by atoms with van der Waals surface area (Å²) < 4.78 is 16.5. The number of rotatable bonds is 5. The molecule has 1 saturated heterocycles. The Bertz CT molecular complexity index is 753. The topological polar surface area (TPSA) is 76.8 Å². The van der Waals surface area contributed by atoms with Crippen LogP contribution in [-0.2, 0) is 11.3 Å². The number of para-hydroxylation sites is 1. The zero-order chi connectivity index (χ0) is 17.1. The van der Waals surface area contributed by atoms with Gasteiger partial charge in [0, 0.05) is 19.6 Å². The summed E-state index contributed by atoms with van der Waals surface area (Å²) in [6.07, 6.45) is 0.894. The van der Waals surface area contributed by atoms with Crippen LogP contribution in [-0.4, -0.2) is 55.4 Å². The maximum Gasteiger partial charge on any atom is 0.273 e. The normalized spacial score (nSPS) is 16.6. The van der Waals surface area contributed by atoms with E-state index in [1.54, 1.807) is 0 Å². The Morgan fingerprint density at radius 2 is 2.08 bits per heavy atom. The maximum atomic E-state index is 12.4. The molecule has 4 rings (SSSR count). The number of hydrogen-bond acceptors (Lipinski definition) is 6. The Kier molecular flexibility index (Phi) is 4.67. The first-order valence-corrected chi connectivity index (χ1v) is 8.62. The van der Waals surface area contributed by atoms with Gasteiger partial charge in [-0.15, -0.1) is 0 Å². The fraction of sp³-hybridized carbons (Fsp3) is 0.444. The second kappa shape index (κ2) is 7.25. The number of carbonyl (C=O) groups excluding carboxylic acids is 1. The molecule has 7 heteroatoms. The molecular formula is C18H21N3O4. The van der Waals surface area contributed by atoms with Crippen LogP contribution in [0.3, 0.4) is 0 Å². The third-order valence-corrected chi connectivity index (χ3v) is 4.55. The zero-order valence-corrected chi connectivity index (χ0v) is 14.0. The first-order chi connectivity index (χ1) is 12.3. The van der Waals surface area contributed by atoms with Crippen molar-refractivity contribution in [3.8, 4) is 17.1 Å². The number of morpholine rings is 1. The summed E-state index contributed by atoms with van der Waals surface area (Å²) in [5, 5.41) is 6.90. The highest BCUT2D eigenvalue weighted by atomic mass is 16.5. The van der Waals surface area contributed by atoms with Crippen LogP contribution in [0.15, 0.2) is 28.8 Å². The van der Waals surface area contributed by atoms with Crippen LogP contribution in [0, 0.1) is 0 Å². The van der Waals surface area contributed by atoms with Gasteiger partial charge in [0.1, 0.15) is 12.4 Å². The number of hydrogen-bond donors (Lipinski definition) is 1. The molecule has 3 heterocycles. The molecule has 0 aliphatic carbocycles. The van der Waals surface area contributed by atoms with Crippen molar-refractivity contribution in [1.29, 1.82) is 0 Å². The molecule has 1 aromatic carbocycles. The molecule has 132 valence electrons. The number of carbonyl (C=O) groups is 1. The zero-order valence-electron chi connectivity index (χ0n) is 14.0. The van der Waals surface area contributed by atoms with E-state index >= 15 is 0 Å². The molecule has 1 N–H and O–H groups in total. The summed E-state index contributed by atoms with van der Waals surface area (Å²) in [5.41, 5.74) is 1.86. The van der Waals surface area contributed by atoms with Gasteiger partial charge in [0.25, 0.3) is 5.91 Å². The highest BCUT2D eigenvalue weighted by molar-refractivity contribution is 5.95. The largest absolute Gasteiger partial charge is 0.488 e. The van der Waals surface area contributed by atoms with E-state index in [1.807, 2.05) is 24.3 Å². The Morgan fingerprint density at radius 3 is 2.96 bits per heavy atom. The molecule has 0 spiro atoms. The first-order valence-electron chi connectivity index (χ1n) is 8.62. The molecule has 0 bridgehead atoms. The monoisotopic (exact) mass is 343 g/mol. The van der Waals surface area contributed by atoms with E-state index in [0.29, 0.717) is 30.2 Å². The molecule has 7 nitrogen and oxygen atoms in total. The molecule has 0 radical (unpaired) electrons. The van der Waals surface area contributed by atoms with Crippen LogP contribution in [0.2, 0.25) is 0 Å². The minimum Gasteiger partial charge on any atom is -0.488 e. The molecule has 2 aliphatic rings. The second-order valence-electron chi connectivity index (χ2n) is 6.19. The summed E-state index contributed by atoms with van der Waals surface area (Å²) in [4.78, 5) is 14.8. The Labute approximate surface area is 145 Å². The van der Waals surface area contributed by atoms with Gasteiger partial charge in [-0.2, -0.15) is 0 Å². The van der Waals surface area contributed by atoms with Crippen LogP contribution in [0.1, 0.15) is 22.5 Å². The fourth-order valence-electron chi connectivity index (χ4n) is 3.18. The van der Waals surface area contributed by atoms with Gasteiger partial charge in [-0.05, 0) is 25.1 Å². The van der Waals surface area contributed by atoms with Crippen LogP contribution in [0.25, 0.3) is 11.3 Å². The molecule has 2 aromatic rings. The van der Waals surface area contributed by atoms with Crippen LogP contribution in [0.4, 0.5) is 0 Å². The van der Waals surface area contributed by atoms with E-state index in [4.69, 9.17) is 14.0 Å². The average Bonchev–Trinajstić information content (AvgIpc) is 3.10. The minimum atomic E-state index is -0.213. The number of fused-ring (bicyclic) bond motifs is 3. The van der Waals surface area contributed by atoms with E-state index in [1.165, 1.54) is 0 Å².